The Morgan fingerprint density at radius 3 is 2.28 bits per heavy atom. The molecule has 1 saturated heterocycles. The standard InChI is InChI=1S/C14H18N2OS/c1-10-7-11(2)9-12(8-10)15-14(18)16-5-3-13(17)4-6-16/h7-9H,3-6H2,1-2H3,(H,15,18). The van der Waals surface area contributed by atoms with Crippen molar-refractivity contribution in [1.82, 2.24) is 4.90 Å². The van der Waals surface area contributed by atoms with Gasteiger partial charge in [-0.1, -0.05) is 6.07 Å². The molecule has 1 aromatic carbocycles. The first-order valence-corrected chi connectivity index (χ1v) is 6.61. The van der Waals surface area contributed by atoms with E-state index >= 15 is 0 Å². The van der Waals surface area contributed by atoms with E-state index in [0.717, 1.165) is 18.8 Å². The topological polar surface area (TPSA) is 32.3 Å². The predicted octanol–water partition coefficient (Wildman–Crippen LogP) is 2.67. The van der Waals surface area contributed by atoms with Gasteiger partial charge in [0, 0.05) is 31.6 Å². The number of Topliss-reactive ketones (excluding diaryl/α,β-unsaturated/α-hetero) is 1. The maximum atomic E-state index is 11.2. The average molecular weight is 262 g/mol. The summed E-state index contributed by atoms with van der Waals surface area (Å²) in [6.45, 7) is 5.60. The summed E-state index contributed by atoms with van der Waals surface area (Å²) in [6.07, 6.45) is 1.21. The lowest BCUT2D eigenvalue weighted by Gasteiger charge is -2.28. The van der Waals surface area contributed by atoms with Gasteiger partial charge in [0.1, 0.15) is 5.78 Å². The summed E-state index contributed by atoms with van der Waals surface area (Å²) in [7, 11) is 0. The van der Waals surface area contributed by atoms with Gasteiger partial charge in [0.25, 0.3) is 0 Å². The van der Waals surface area contributed by atoms with Crippen LogP contribution in [0.4, 0.5) is 5.69 Å². The Bertz CT molecular complexity index is 454. The number of hydrogen-bond donors (Lipinski definition) is 1. The van der Waals surface area contributed by atoms with Gasteiger partial charge in [-0.25, -0.2) is 0 Å². The zero-order valence-electron chi connectivity index (χ0n) is 10.8. The molecule has 18 heavy (non-hydrogen) atoms. The molecule has 0 spiro atoms. The third kappa shape index (κ3) is 3.29. The van der Waals surface area contributed by atoms with Crippen molar-refractivity contribution in [3.63, 3.8) is 0 Å². The van der Waals surface area contributed by atoms with Crippen LogP contribution in [0.2, 0.25) is 0 Å². The Hall–Kier alpha value is -1.42. The van der Waals surface area contributed by atoms with E-state index in [9.17, 15) is 4.79 Å². The third-order valence-corrected chi connectivity index (χ3v) is 3.44. The molecule has 2 rings (SSSR count). The first-order chi connectivity index (χ1) is 8.54. The van der Waals surface area contributed by atoms with Crippen molar-refractivity contribution in [1.29, 1.82) is 0 Å². The van der Waals surface area contributed by atoms with Crippen LogP contribution in [0.25, 0.3) is 0 Å². The molecule has 1 N–H and O–H groups in total. The molecule has 0 radical (unpaired) electrons. The molecule has 0 bridgehead atoms. The number of anilines is 1. The van der Waals surface area contributed by atoms with E-state index in [1.165, 1.54) is 11.1 Å². The lowest BCUT2D eigenvalue weighted by atomic mass is 10.1. The van der Waals surface area contributed by atoms with Gasteiger partial charge in [0.05, 0.1) is 0 Å². The molecule has 3 nitrogen and oxygen atoms in total. The number of benzene rings is 1. The monoisotopic (exact) mass is 262 g/mol. The van der Waals surface area contributed by atoms with Gasteiger partial charge in [-0.3, -0.25) is 4.79 Å². The van der Waals surface area contributed by atoms with Crippen LogP contribution in [-0.4, -0.2) is 28.9 Å². The van der Waals surface area contributed by atoms with Gasteiger partial charge in [-0.15, -0.1) is 0 Å². The Morgan fingerprint density at radius 1 is 1.17 bits per heavy atom. The number of nitrogens with zero attached hydrogens (tertiary/aromatic N) is 1. The summed E-state index contributed by atoms with van der Waals surface area (Å²) in [6, 6.07) is 6.29. The SMILES string of the molecule is Cc1cc(C)cc(NC(=S)N2CCC(=O)CC2)c1. The van der Waals surface area contributed by atoms with Gasteiger partial charge in [0.2, 0.25) is 0 Å². The highest BCUT2D eigenvalue weighted by Gasteiger charge is 2.18. The Kier molecular flexibility index (Phi) is 3.97. The third-order valence-electron chi connectivity index (χ3n) is 3.08. The molecule has 0 saturated carbocycles. The van der Waals surface area contributed by atoms with Gasteiger partial charge < -0.3 is 10.2 Å². The van der Waals surface area contributed by atoms with Crippen LogP contribution in [0, 0.1) is 13.8 Å². The van der Waals surface area contributed by atoms with Crippen LogP contribution < -0.4 is 5.32 Å². The predicted molar refractivity (Wildman–Crippen MR) is 78.0 cm³/mol. The number of hydrogen-bond acceptors (Lipinski definition) is 2. The highest BCUT2D eigenvalue weighted by atomic mass is 32.1. The van der Waals surface area contributed by atoms with Crippen LogP contribution >= 0.6 is 12.2 Å². The van der Waals surface area contributed by atoms with Crippen LogP contribution in [0.15, 0.2) is 18.2 Å². The van der Waals surface area contributed by atoms with Crippen molar-refractivity contribution >= 4 is 28.8 Å². The Morgan fingerprint density at radius 2 is 1.72 bits per heavy atom. The van der Waals surface area contributed by atoms with E-state index in [0.29, 0.717) is 23.7 Å². The quantitative estimate of drug-likeness (QED) is 0.789. The number of thiocarbonyl (C=S) groups is 1. The summed E-state index contributed by atoms with van der Waals surface area (Å²) in [5.74, 6) is 0.334. The molecule has 0 unspecified atom stereocenters. The molecule has 96 valence electrons. The molecule has 1 aromatic rings. The van der Waals surface area contributed by atoms with E-state index in [2.05, 4.69) is 42.3 Å². The summed E-state index contributed by atoms with van der Waals surface area (Å²) in [5.41, 5.74) is 3.46. The number of carbonyl (C=O) groups is 1. The number of nitrogens with one attached hydrogen (secondary N) is 1. The van der Waals surface area contributed by atoms with E-state index in [4.69, 9.17) is 12.2 Å². The fourth-order valence-corrected chi connectivity index (χ4v) is 2.51. The molecule has 1 aliphatic rings. The molecule has 1 fully saturated rings. The molecule has 4 heteroatoms. The van der Waals surface area contributed by atoms with Crippen molar-refractivity contribution in [3.8, 4) is 0 Å². The van der Waals surface area contributed by atoms with Crippen molar-refractivity contribution in [3.05, 3.63) is 29.3 Å². The first-order valence-electron chi connectivity index (χ1n) is 6.20. The van der Waals surface area contributed by atoms with E-state index in [-0.39, 0.29) is 0 Å². The van der Waals surface area contributed by atoms with Gasteiger partial charge in [-0.2, -0.15) is 0 Å². The lowest BCUT2D eigenvalue weighted by molar-refractivity contribution is -0.120. The second-order valence-corrected chi connectivity index (χ2v) is 5.22. The van der Waals surface area contributed by atoms with E-state index in [1.54, 1.807) is 0 Å². The number of piperidine rings is 1. The summed E-state index contributed by atoms with van der Waals surface area (Å²) < 4.78 is 0. The Labute approximate surface area is 113 Å². The first kappa shape index (κ1) is 13.0. The zero-order chi connectivity index (χ0) is 13.1. The Balaban J connectivity index is 2.00. The molecule has 1 heterocycles. The minimum absolute atomic E-state index is 0.334. The largest absolute Gasteiger partial charge is 0.348 e. The fourth-order valence-electron chi connectivity index (χ4n) is 2.21. The fraction of sp³-hybridized carbons (Fsp3) is 0.429. The molecule has 0 atom stereocenters. The van der Waals surface area contributed by atoms with Gasteiger partial charge in [0.15, 0.2) is 5.11 Å². The minimum Gasteiger partial charge on any atom is -0.348 e. The second-order valence-electron chi connectivity index (χ2n) is 4.83. The minimum atomic E-state index is 0.334. The molecule has 0 aromatic heterocycles. The molecule has 0 amide bonds. The molecule has 1 aliphatic heterocycles. The summed E-state index contributed by atoms with van der Waals surface area (Å²) in [4.78, 5) is 13.3. The summed E-state index contributed by atoms with van der Waals surface area (Å²) in [5, 5.41) is 3.97. The number of likely N-dealkylation sites (tertiary alicyclic amines) is 1. The van der Waals surface area contributed by atoms with Crippen LogP contribution in [0.1, 0.15) is 24.0 Å². The van der Waals surface area contributed by atoms with Gasteiger partial charge in [-0.05, 0) is 49.3 Å². The van der Waals surface area contributed by atoms with Crippen molar-refractivity contribution < 1.29 is 4.79 Å². The number of carbonyl (C=O) groups excluding carboxylic acids is 1. The summed E-state index contributed by atoms with van der Waals surface area (Å²) >= 11 is 5.38. The smallest absolute Gasteiger partial charge is 0.173 e. The average Bonchev–Trinajstić information content (AvgIpc) is 2.28. The van der Waals surface area contributed by atoms with Crippen LogP contribution in [-0.2, 0) is 4.79 Å². The van der Waals surface area contributed by atoms with Crippen LogP contribution in [0.5, 0.6) is 0 Å². The van der Waals surface area contributed by atoms with Crippen molar-refractivity contribution in [2.45, 2.75) is 26.7 Å². The van der Waals surface area contributed by atoms with Crippen molar-refractivity contribution in [2.24, 2.45) is 0 Å². The molecular weight excluding hydrogens is 244 g/mol. The molecule has 0 aliphatic carbocycles. The zero-order valence-corrected chi connectivity index (χ0v) is 11.6. The number of rotatable bonds is 1. The maximum Gasteiger partial charge on any atom is 0.173 e. The number of ketones is 1. The van der Waals surface area contributed by atoms with Gasteiger partial charge >= 0.3 is 0 Å². The van der Waals surface area contributed by atoms with Crippen molar-refractivity contribution in [2.75, 3.05) is 18.4 Å². The second kappa shape index (κ2) is 5.48. The highest BCUT2D eigenvalue weighted by molar-refractivity contribution is 7.80. The highest BCUT2D eigenvalue weighted by Crippen LogP contribution is 2.15. The maximum absolute atomic E-state index is 11.2. The van der Waals surface area contributed by atoms with E-state index < -0.39 is 0 Å². The molecular formula is C14H18N2OS. The van der Waals surface area contributed by atoms with E-state index in [1.807, 2.05) is 0 Å². The number of aryl methyl sites for hydroxylation is 2. The normalized spacial score (nSPS) is 15.7. The van der Waals surface area contributed by atoms with Crippen LogP contribution in [0.3, 0.4) is 0 Å². The lowest BCUT2D eigenvalue weighted by Crippen LogP contribution is -2.41.